The highest BCUT2D eigenvalue weighted by molar-refractivity contribution is 7.14. The summed E-state index contributed by atoms with van der Waals surface area (Å²) in [5, 5.41) is 3.19. The summed E-state index contributed by atoms with van der Waals surface area (Å²) in [4.78, 5) is 13.9. The number of hydrogen-bond acceptors (Lipinski definition) is 3. The Hall–Kier alpha value is -1.52. The fourth-order valence-corrected chi connectivity index (χ4v) is 2.69. The van der Waals surface area contributed by atoms with Gasteiger partial charge in [-0.05, 0) is 37.6 Å². The van der Waals surface area contributed by atoms with E-state index in [-0.39, 0.29) is 5.91 Å². The molecule has 94 valence electrons. The second-order valence-electron chi connectivity index (χ2n) is 4.01. The molecule has 1 aromatic heterocycles. The first kappa shape index (κ1) is 12.9. The Labute approximate surface area is 115 Å². The molecule has 0 aliphatic heterocycles. The molecule has 0 fully saturated rings. The van der Waals surface area contributed by atoms with Crippen molar-refractivity contribution < 1.29 is 4.79 Å². The monoisotopic (exact) mass is 280 g/mol. The van der Waals surface area contributed by atoms with Crippen LogP contribution in [0.5, 0.6) is 0 Å². The number of nitrogen functional groups attached to an aromatic ring is 1. The molecule has 1 amide bonds. The van der Waals surface area contributed by atoms with Crippen LogP contribution in [0.25, 0.3) is 0 Å². The lowest BCUT2D eigenvalue weighted by molar-refractivity contribution is 0.103. The topological polar surface area (TPSA) is 55.1 Å². The molecule has 0 atom stereocenters. The number of benzene rings is 1. The highest BCUT2D eigenvalue weighted by atomic mass is 35.5. The number of halogens is 1. The maximum atomic E-state index is 12.1. The van der Waals surface area contributed by atoms with Gasteiger partial charge in [-0.3, -0.25) is 4.79 Å². The molecule has 0 radical (unpaired) electrons. The SMILES string of the molecule is Cc1cc(C(=O)Nc2c(N)cccc2Cl)sc1C. The molecule has 0 aliphatic rings. The predicted molar refractivity (Wildman–Crippen MR) is 77.6 cm³/mol. The molecule has 3 nitrogen and oxygen atoms in total. The number of amides is 1. The number of nitrogens with two attached hydrogens (primary N) is 1. The summed E-state index contributed by atoms with van der Waals surface area (Å²) in [5.74, 6) is -0.184. The zero-order valence-electron chi connectivity index (χ0n) is 10.1. The Bertz CT molecular complexity index is 567. The molecular formula is C13H13ClN2OS. The number of rotatable bonds is 2. The molecule has 0 saturated heterocycles. The average Bonchev–Trinajstić information content (AvgIpc) is 2.64. The van der Waals surface area contributed by atoms with Gasteiger partial charge in [-0.25, -0.2) is 0 Å². The second kappa shape index (κ2) is 5.00. The number of anilines is 2. The predicted octanol–water partition coefficient (Wildman–Crippen LogP) is 3.85. The molecule has 0 unspecified atom stereocenters. The maximum absolute atomic E-state index is 12.1. The largest absolute Gasteiger partial charge is 0.397 e. The highest BCUT2D eigenvalue weighted by Gasteiger charge is 2.13. The van der Waals surface area contributed by atoms with E-state index in [1.54, 1.807) is 18.2 Å². The number of carbonyl (C=O) groups is 1. The summed E-state index contributed by atoms with van der Waals surface area (Å²) < 4.78 is 0. The van der Waals surface area contributed by atoms with Crippen LogP contribution < -0.4 is 11.1 Å². The lowest BCUT2D eigenvalue weighted by Crippen LogP contribution is -2.12. The van der Waals surface area contributed by atoms with Crippen LogP contribution in [0, 0.1) is 13.8 Å². The van der Waals surface area contributed by atoms with E-state index in [2.05, 4.69) is 5.32 Å². The van der Waals surface area contributed by atoms with Crippen LogP contribution in [0.4, 0.5) is 11.4 Å². The zero-order chi connectivity index (χ0) is 13.3. The molecule has 0 bridgehead atoms. The van der Waals surface area contributed by atoms with Crippen molar-refractivity contribution in [2.24, 2.45) is 0 Å². The summed E-state index contributed by atoms with van der Waals surface area (Å²) in [6, 6.07) is 7.00. The van der Waals surface area contributed by atoms with E-state index in [1.165, 1.54) is 11.3 Å². The molecule has 0 saturated carbocycles. The Morgan fingerprint density at radius 1 is 1.39 bits per heavy atom. The van der Waals surface area contributed by atoms with Gasteiger partial charge in [-0.15, -0.1) is 11.3 Å². The van der Waals surface area contributed by atoms with E-state index in [0.29, 0.717) is 21.3 Å². The van der Waals surface area contributed by atoms with Crippen molar-refractivity contribution >= 4 is 40.2 Å². The third kappa shape index (κ3) is 2.49. The van der Waals surface area contributed by atoms with Gasteiger partial charge in [0.2, 0.25) is 0 Å². The molecule has 5 heteroatoms. The van der Waals surface area contributed by atoms with Gasteiger partial charge in [0.15, 0.2) is 0 Å². The van der Waals surface area contributed by atoms with Gasteiger partial charge in [-0.2, -0.15) is 0 Å². The molecule has 2 aromatic rings. The van der Waals surface area contributed by atoms with E-state index in [1.807, 2.05) is 19.9 Å². The summed E-state index contributed by atoms with van der Waals surface area (Å²) >= 11 is 7.46. The number of thiophene rings is 1. The van der Waals surface area contributed by atoms with E-state index in [0.717, 1.165) is 10.4 Å². The van der Waals surface area contributed by atoms with Gasteiger partial charge < -0.3 is 11.1 Å². The van der Waals surface area contributed by atoms with Crippen LogP contribution in [0.2, 0.25) is 5.02 Å². The minimum atomic E-state index is -0.184. The minimum Gasteiger partial charge on any atom is -0.397 e. The van der Waals surface area contributed by atoms with Crippen molar-refractivity contribution in [2.45, 2.75) is 13.8 Å². The van der Waals surface area contributed by atoms with Gasteiger partial charge in [-0.1, -0.05) is 17.7 Å². The Balaban J connectivity index is 2.27. The quantitative estimate of drug-likeness (QED) is 0.821. The maximum Gasteiger partial charge on any atom is 0.265 e. The van der Waals surface area contributed by atoms with Gasteiger partial charge >= 0.3 is 0 Å². The van der Waals surface area contributed by atoms with Crippen molar-refractivity contribution in [3.8, 4) is 0 Å². The van der Waals surface area contributed by atoms with Gasteiger partial charge in [0.1, 0.15) is 0 Å². The molecule has 0 aliphatic carbocycles. The fourth-order valence-electron chi connectivity index (χ4n) is 1.53. The molecule has 18 heavy (non-hydrogen) atoms. The molecular weight excluding hydrogens is 268 g/mol. The summed E-state index contributed by atoms with van der Waals surface area (Å²) in [6.45, 7) is 3.97. The molecule has 1 aromatic carbocycles. The summed E-state index contributed by atoms with van der Waals surface area (Å²) in [5.41, 5.74) is 7.82. The first-order valence-electron chi connectivity index (χ1n) is 5.41. The Morgan fingerprint density at radius 3 is 2.67 bits per heavy atom. The smallest absolute Gasteiger partial charge is 0.265 e. The number of para-hydroxylation sites is 1. The van der Waals surface area contributed by atoms with Crippen molar-refractivity contribution in [3.63, 3.8) is 0 Å². The summed E-state index contributed by atoms with van der Waals surface area (Å²) in [7, 11) is 0. The third-order valence-electron chi connectivity index (χ3n) is 2.67. The second-order valence-corrected chi connectivity index (χ2v) is 5.67. The van der Waals surface area contributed by atoms with Crippen molar-refractivity contribution in [2.75, 3.05) is 11.1 Å². The summed E-state index contributed by atoms with van der Waals surface area (Å²) in [6.07, 6.45) is 0. The van der Waals surface area contributed by atoms with E-state index in [4.69, 9.17) is 17.3 Å². The van der Waals surface area contributed by atoms with Gasteiger partial charge in [0, 0.05) is 4.88 Å². The average molecular weight is 281 g/mol. The first-order valence-corrected chi connectivity index (χ1v) is 6.61. The molecule has 3 N–H and O–H groups in total. The van der Waals surface area contributed by atoms with Crippen LogP contribution in [0.3, 0.4) is 0 Å². The van der Waals surface area contributed by atoms with Crippen LogP contribution in [-0.4, -0.2) is 5.91 Å². The number of nitrogens with one attached hydrogen (secondary N) is 1. The number of carbonyl (C=O) groups excluding carboxylic acids is 1. The number of hydrogen-bond donors (Lipinski definition) is 2. The van der Waals surface area contributed by atoms with Gasteiger partial charge in [0.25, 0.3) is 5.91 Å². The van der Waals surface area contributed by atoms with Crippen LogP contribution >= 0.6 is 22.9 Å². The Kier molecular flexibility index (Phi) is 3.59. The fraction of sp³-hybridized carbons (Fsp3) is 0.154. The highest BCUT2D eigenvalue weighted by Crippen LogP contribution is 2.29. The van der Waals surface area contributed by atoms with E-state index in [9.17, 15) is 4.79 Å². The van der Waals surface area contributed by atoms with E-state index >= 15 is 0 Å². The van der Waals surface area contributed by atoms with Gasteiger partial charge in [0.05, 0.1) is 21.3 Å². The zero-order valence-corrected chi connectivity index (χ0v) is 11.7. The van der Waals surface area contributed by atoms with Crippen molar-refractivity contribution in [1.29, 1.82) is 0 Å². The molecule has 1 heterocycles. The lowest BCUT2D eigenvalue weighted by Gasteiger charge is -2.08. The van der Waals surface area contributed by atoms with Crippen LogP contribution in [0.1, 0.15) is 20.1 Å². The normalized spacial score (nSPS) is 10.4. The number of aryl methyl sites for hydroxylation is 2. The molecule has 2 rings (SSSR count). The lowest BCUT2D eigenvalue weighted by atomic mass is 10.2. The Morgan fingerprint density at radius 2 is 2.11 bits per heavy atom. The first-order chi connectivity index (χ1) is 8.49. The standard InChI is InChI=1S/C13H13ClN2OS/c1-7-6-11(18-8(7)2)13(17)16-12-9(14)4-3-5-10(12)15/h3-6H,15H2,1-2H3,(H,16,17). The minimum absolute atomic E-state index is 0.184. The van der Waals surface area contributed by atoms with Crippen LogP contribution in [-0.2, 0) is 0 Å². The van der Waals surface area contributed by atoms with Crippen molar-refractivity contribution in [3.05, 3.63) is 44.6 Å². The van der Waals surface area contributed by atoms with E-state index < -0.39 is 0 Å². The van der Waals surface area contributed by atoms with Crippen molar-refractivity contribution in [1.82, 2.24) is 0 Å². The molecule has 0 spiro atoms. The van der Waals surface area contributed by atoms with Crippen LogP contribution in [0.15, 0.2) is 24.3 Å². The third-order valence-corrected chi connectivity index (χ3v) is 4.14.